The number of rotatable bonds is 3. The Morgan fingerprint density at radius 3 is 2.22 bits per heavy atom. The first-order valence-corrected chi connectivity index (χ1v) is 6.42. The van der Waals surface area contributed by atoms with E-state index in [1.54, 1.807) is 7.05 Å². The minimum atomic E-state index is -1.12. The monoisotopic (exact) mass is 255 g/mol. The molecule has 0 heterocycles. The summed E-state index contributed by atoms with van der Waals surface area (Å²) >= 11 is 0. The highest BCUT2D eigenvalue weighted by atomic mass is 19.2. The lowest BCUT2D eigenvalue weighted by molar-refractivity contribution is 0.346. The maximum Gasteiger partial charge on any atom is 0.161 e. The molecule has 1 N–H and O–H groups in total. The van der Waals surface area contributed by atoms with Crippen LogP contribution in [0.15, 0.2) is 12.1 Å². The van der Waals surface area contributed by atoms with Gasteiger partial charge in [-0.05, 0) is 50.1 Å². The van der Waals surface area contributed by atoms with Crippen molar-refractivity contribution < 1.29 is 13.2 Å². The Kier molecular flexibility index (Phi) is 2.85. The number of benzene rings is 1. The molecule has 2 aliphatic carbocycles. The lowest BCUT2D eigenvalue weighted by atomic mass is 9.89. The number of hydrogen-bond donors (Lipinski definition) is 1. The number of halogens is 3. The molecule has 4 heteroatoms. The molecule has 3 atom stereocenters. The van der Waals surface area contributed by atoms with Crippen molar-refractivity contribution in [2.45, 2.75) is 25.3 Å². The van der Waals surface area contributed by atoms with Crippen molar-refractivity contribution in [2.75, 3.05) is 7.05 Å². The van der Waals surface area contributed by atoms with E-state index in [-0.39, 0.29) is 11.6 Å². The van der Waals surface area contributed by atoms with Crippen LogP contribution in [0.2, 0.25) is 0 Å². The van der Waals surface area contributed by atoms with Crippen molar-refractivity contribution >= 4 is 0 Å². The molecule has 0 aliphatic heterocycles. The Bertz CT molecular complexity index is 464. The zero-order valence-electron chi connectivity index (χ0n) is 10.2. The van der Waals surface area contributed by atoms with Crippen molar-refractivity contribution in [2.24, 2.45) is 17.8 Å². The second-order valence-electron chi connectivity index (χ2n) is 5.54. The summed E-state index contributed by atoms with van der Waals surface area (Å²) in [5, 5.41) is 3.06. The van der Waals surface area contributed by atoms with Crippen LogP contribution in [0.1, 0.15) is 30.9 Å². The van der Waals surface area contributed by atoms with E-state index in [9.17, 15) is 13.2 Å². The zero-order chi connectivity index (χ0) is 12.9. The van der Waals surface area contributed by atoms with Crippen molar-refractivity contribution in [1.29, 1.82) is 0 Å². The van der Waals surface area contributed by atoms with Gasteiger partial charge < -0.3 is 5.32 Å². The van der Waals surface area contributed by atoms with E-state index in [1.807, 2.05) is 0 Å². The van der Waals surface area contributed by atoms with Gasteiger partial charge in [0.1, 0.15) is 5.82 Å². The normalized spacial score (nSPS) is 31.2. The third-order valence-corrected chi connectivity index (χ3v) is 4.44. The van der Waals surface area contributed by atoms with Crippen molar-refractivity contribution in [3.63, 3.8) is 0 Å². The molecule has 0 bridgehead atoms. The van der Waals surface area contributed by atoms with Crippen LogP contribution in [0, 0.1) is 35.2 Å². The van der Waals surface area contributed by atoms with Gasteiger partial charge in [0.25, 0.3) is 0 Å². The molecule has 3 unspecified atom stereocenters. The molecular weight excluding hydrogens is 239 g/mol. The Labute approximate surface area is 104 Å². The SMILES string of the molecule is CNC(c1cc(F)c(F)cc1F)C1CC2CC2C1. The lowest BCUT2D eigenvalue weighted by Gasteiger charge is -2.25. The first kappa shape index (κ1) is 12.0. The molecule has 98 valence electrons. The molecule has 1 aromatic carbocycles. The van der Waals surface area contributed by atoms with Crippen LogP contribution < -0.4 is 5.32 Å². The fraction of sp³-hybridized carbons (Fsp3) is 0.571. The summed E-state index contributed by atoms with van der Waals surface area (Å²) < 4.78 is 40.0. The van der Waals surface area contributed by atoms with Crippen molar-refractivity contribution in [3.8, 4) is 0 Å². The Morgan fingerprint density at radius 1 is 1.00 bits per heavy atom. The van der Waals surface area contributed by atoms with E-state index in [2.05, 4.69) is 5.32 Å². The van der Waals surface area contributed by atoms with Gasteiger partial charge in [0.15, 0.2) is 11.6 Å². The second-order valence-corrected chi connectivity index (χ2v) is 5.54. The molecule has 0 radical (unpaired) electrons. The molecule has 0 aromatic heterocycles. The Balaban J connectivity index is 1.88. The van der Waals surface area contributed by atoms with E-state index in [1.165, 1.54) is 6.42 Å². The molecule has 1 nitrogen and oxygen atoms in total. The van der Waals surface area contributed by atoms with Gasteiger partial charge in [-0.25, -0.2) is 13.2 Å². The molecule has 2 saturated carbocycles. The van der Waals surface area contributed by atoms with Crippen LogP contribution in [0.25, 0.3) is 0 Å². The number of hydrogen-bond acceptors (Lipinski definition) is 1. The van der Waals surface area contributed by atoms with Crippen LogP contribution in [-0.4, -0.2) is 7.05 Å². The molecule has 18 heavy (non-hydrogen) atoms. The van der Waals surface area contributed by atoms with E-state index in [4.69, 9.17) is 0 Å². The lowest BCUT2D eigenvalue weighted by Crippen LogP contribution is -2.25. The van der Waals surface area contributed by atoms with Crippen molar-refractivity contribution in [1.82, 2.24) is 5.32 Å². The fourth-order valence-corrected chi connectivity index (χ4v) is 3.46. The van der Waals surface area contributed by atoms with Crippen LogP contribution >= 0.6 is 0 Å². The van der Waals surface area contributed by atoms with Gasteiger partial charge in [-0.1, -0.05) is 0 Å². The Morgan fingerprint density at radius 2 is 1.61 bits per heavy atom. The minimum Gasteiger partial charge on any atom is -0.313 e. The summed E-state index contributed by atoms with van der Waals surface area (Å²) in [5.41, 5.74) is 0.253. The highest BCUT2D eigenvalue weighted by molar-refractivity contribution is 5.25. The van der Waals surface area contributed by atoms with Crippen LogP contribution in [-0.2, 0) is 0 Å². The summed E-state index contributed by atoms with van der Waals surface area (Å²) in [6.45, 7) is 0. The standard InChI is InChI=1S/C14H16F3N/c1-18-14(9-3-7-2-8(7)4-9)10-5-12(16)13(17)6-11(10)15/h5-9,14,18H,2-4H2,1H3. The van der Waals surface area contributed by atoms with E-state index in [0.717, 1.165) is 30.7 Å². The molecule has 2 aliphatic rings. The smallest absolute Gasteiger partial charge is 0.161 e. The largest absolute Gasteiger partial charge is 0.313 e. The van der Waals surface area contributed by atoms with Gasteiger partial charge in [0, 0.05) is 17.7 Å². The van der Waals surface area contributed by atoms with Gasteiger partial charge >= 0.3 is 0 Å². The summed E-state index contributed by atoms with van der Waals surface area (Å²) in [5.74, 6) is -0.875. The highest BCUT2D eigenvalue weighted by Gasteiger charge is 2.48. The van der Waals surface area contributed by atoms with Crippen LogP contribution in [0.3, 0.4) is 0 Å². The van der Waals surface area contributed by atoms with Crippen LogP contribution in [0.4, 0.5) is 13.2 Å². The minimum absolute atomic E-state index is 0.215. The average molecular weight is 255 g/mol. The predicted molar refractivity (Wildman–Crippen MR) is 62.4 cm³/mol. The van der Waals surface area contributed by atoms with E-state index < -0.39 is 17.5 Å². The average Bonchev–Trinajstić information content (AvgIpc) is 2.94. The summed E-state index contributed by atoms with van der Waals surface area (Å²) in [7, 11) is 1.75. The number of fused-ring (bicyclic) bond motifs is 1. The summed E-state index contributed by atoms with van der Waals surface area (Å²) in [4.78, 5) is 0. The second kappa shape index (κ2) is 4.26. The first-order valence-electron chi connectivity index (χ1n) is 6.42. The third kappa shape index (κ3) is 1.92. The van der Waals surface area contributed by atoms with Gasteiger partial charge in [0.2, 0.25) is 0 Å². The first-order chi connectivity index (χ1) is 8.60. The molecule has 0 saturated heterocycles. The fourth-order valence-electron chi connectivity index (χ4n) is 3.46. The quantitative estimate of drug-likeness (QED) is 0.816. The summed E-state index contributed by atoms with van der Waals surface area (Å²) in [6.07, 6.45) is 3.41. The number of nitrogens with one attached hydrogen (secondary N) is 1. The topological polar surface area (TPSA) is 12.0 Å². The highest BCUT2D eigenvalue weighted by Crippen LogP contribution is 2.57. The van der Waals surface area contributed by atoms with Gasteiger partial charge in [-0.2, -0.15) is 0 Å². The Hall–Kier alpha value is -1.03. The van der Waals surface area contributed by atoms with Crippen molar-refractivity contribution in [3.05, 3.63) is 35.1 Å². The third-order valence-electron chi connectivity index (χ3n) is 4.44. The van der Waals surface area contributed by atoms with Gasteiger partial charge in [0.05, 0.1) is 0 Å². The molecule has 2 fully saturated rings. The molecule has 0 spiro atoms. The summed E-state index contributed by atoms with van der Waals surface area (Å²) in [6, 6.07) is 1.42. The van der Waals surface area contributed by atoms with Gasteiger partial charge in [-0.15, -0.1) is 0 Å². The maximum atomic E-state index is 13.8. The molecule has 3 rings (SSSR count). The predicted octanol–water partition coefficient (Wildman–Crippen LogP) is 3.41. The molecular formula is C14H16F3N. The van der Waals surface area contributed by atoms with E-state index in [0.29, 0.717) is 12.0 Å². The molecule has 0 amide bonds. The zero-order valence-corrected chi connectivity index (χ0v) is 10.2. The van der Waals surface area contributed by atoms with E-state index >= 15 is 0 Å². The maximum absolute atomic E-state index is 13.8. The molecule has 1 aromatic rings. The van der Waals surface area contributed by atoms with Crippen LogP contribution in [0.5, 0.6) is 0 Å². The van der Waals surface area contributed by atoms with Gasteiger partial charge in [-0.3, -0.25) is 0 Å².